The van der Waals surface area contributed by atoms with E-state index in [-0.39, 0.29) is 27.1 Å². The van der Waals surface area contributed by atoms with Gasteiger partial charge in [0.25, 0.3) is 0 Å². The molecule has 12 rings (SSSR count). The van der Waals surface area contributed by atoms with Gasteiger partial charge in [-0.05, 0) is 172 Å². The standard InChI is InChI=1S/C56H63NS/c1-52(2)24-26-54(5,6)50-42(52)19-14-21-45(50)57(46-22-15-20-43-51(46)55(7,8)27-25-53(43,3)4)47-34-44-49(33-40(47)37-16-10-9-11-17-37)58-48-23-13-12-18-41(48)56(44)38-29-35-28-36(31-38)32-39(56)30-35/h9-23,33-36,38-39H,24-32H2,1-8H3. The van der Waals surface area contributed by atoms with Crippen molar-refractivity contribution in [3.8, 4) is 11.1 Å². The van der Waals surface area contributed by atoms with E-state index in [2.05, 4.69) is 163 Å². The van der Waals surface area contributed by atoms with Crippen LogP contribution in [0.5, 0.6) is 0 Å². The third-order valence-electron chi connectivity index (χ3n) is 17.0. The number of anilines is 3. The number of rotatable bonds is 4. The molecule has 1 aliphatic heterocycles. The first-order valence-corrected chi connectivity index (χ1v) is 23.6. The monoisotopic (exact) mass is 781 g/mol. The van der Waals surface area contributed by atoms with Gasteiger partial charge in [-0.25, -0.2) is 0 Å². The van der Waals surface area contributed by atoms with Gasteiger partial charge in [-0.3, -0.25) is 0 Å². The highest BCUT2D eigenvalue weighted by atomic mass is 32.2. The van der Waals surface area contributed by atoms with Gasteiger partial charge in [-0.2, -0.15) is 0 Å². The maximum atomic E-state index is 2.83. The van der Waals surface area contributed by atoms with Crippen molar-refractivity contribution in [3.05, 3.63) is 137 Å². The molecule has 0 unspecified atom stereocenters. The minimum Gasteiger partial charge on any atom is -0.309 e. The SMILES string of the molecule is CC1(C)CCC(C)(C)c2c(N(c3cc4c(cc3-c3ccccc3)Sc3ccccc3C43C4CC5CC(C4)CC3C5)c3cccc4c3C(C)(C)CCC4(C)C)cccc21. The van der Waals surface area contributed by atoms with Crippen LogP contribution in [-0.2, 0) is 27.1 Å². The molecule has 0 saturated heterocycles. The van der Waals surface area contributed by atoms with Gasteiger partial charge in [-0.15, -0.1) is 0 Å². The van der Waals surface area contributed by atoms with E-state index in [1.54, 1.807) is 11.1 Å². The first-order valence-electron chi connectivity index (χ1n) is 22.8. The van der Waals surface area contributed by atoms with Crippen molar-refractivity contribution >= 4 is 28.8 Å². The molecule has 0 amide bonds. The highest BCUT2D eigenvalue weighted by Gasteiger charge is 2.61. The molecule has 4 saturated carbocycles. The van der Waals surface area contributed by atoms with Crippen LogP contribution in [0.2, 0.25) is 0 Å². The van der Waals surface area contributed by atoms with Crippen LogP contribution in [0.3, 0.4) is 0 Å². The first kappa shape index (κ1) is 37.3. The zero-order valence-corrected chi connectivity index (χ0v) is 37.2. The van der Waals surface area contributed by atoms with Crippen LogP contribution in [0.4, 0.5) is 17.1 Å². The lowest BCUT2D eigenvalue weighted by Gasteiger charge is -2.63. The van der Waals surface area contributed by atoms with E-state index in [1.807, 2.05) is 11.8 Å². The van der Waals surface area contributed by atoms with Gasteiger partial charge in [0.2, 0.25) is 0 Å². The zero-order chi connectivity index (χ0) is 40.0. The van der Waals surface area contributed by atoms with Crippen LogP contribution in [0, 0.1) is 23.7 Å². The molecule has 4 bridgehead atoms. The maximum Gasteiger partial charge on any atom is 0.0544 e. The van der Waals surface area contributed by atoms with Gasteiger partial charge < -0.3 is 4.90 Å². The highest BCUT2D eigenvalue weighted by molar-refractivity contribution is 7.99. The molecule has 1 heterocycles. The molecule has 7 aliphatic rings. The molecular formula is C56H63NS. The van der Waals surface area contributed by atoms with Crippen LogP contribution in [0.15, 0.2) is 113 Å². The summed E-state index contributed by atoms with van der Waals surface area (Å²) in [4.78, 5) is 5.82. The lowest BCUT2D eigenvalue weighted by Crippen LogP contribution is -2.57. The molecule has 5 aromatic carbocycles. The molecule has 4 fully saturated rings. The summed E-state index contributed by atoms with van der Waals surface area (Å²) in [6.45, 7) is 20.1. The summed E-state index contributed by atoms with van der Waals surface area (Å²) >= 11 is 2.05. The average molecular weight is 782 g/mol. The van der Waals surface area contributed by atoms with Gasteiger partial charge in [0.1, 0.15) is 0 Å². The molecule has 298 valence electrons. The molecule has 0 N–H and O–H groups in total. The second kappa shape index (κ2) is 12.6. The van der Waals surface area contributed by atoms with Crippen LogP contribution in [-0.4, -0.2) is 0 Å². The molecule has 2 heteroatoms. The Balaban J connectivity index is 1.28. The quantitative estimate of drug-likeness (QED) is 0.179. The Morgan fingerprint density at radius 1 is 0.448 bits per heavy atom. The zero-order valence-electron chi connectivity index (χ0n) is 36.3. The Labute approximate surface area is 353 Å². The van der Waals surface area contributed by atoms with Gasteiger partial charge in [0.15, 0.2) is 0 Å². The Morgan fingerprint density at radius 2 is 0.948 bits per heavy atom. The summed E-state index contributed by atoms with van der Waals surface area (Å²) in [5.41, 5.74) is 16.5. The van der Waals surface area contributed by atoms with E-state index in [9.17, 15) is 0 Å². The topological polar surface area (TPSA) is 3.24 Å². The minimum atomic E-state index is 0.0296. The predicted octanol–water partition coefficient (Wildman–Crippen LogP) is 15.7. The van der Waals surface area contributed by atoms with Crippen LogP contribution in [0.1, 0.15) is 147 Å². The lowest BCUT2D eigenvalue weighted by atomic mass is 9.42. The van der Waals surface area contributed by atoms with Gasteiger partial charge >= 0.3 is 0 Å². The van der Waals surface area contributed by atoms with Crippen molar-refractivity contribution < 1.29 is 0 Å². The van der Waals surface area contributed by atoms with E-state index < -0.39 is 0 Å². The third-order valence-corrected chi connectivity index (χ3v) is 18.1. The normalized spacial score (nSPS) is 28.6. The fraction of sp³-hybridized carbons (Fsp3) is 0.464. The average Bonchev–Trinajstić information content (AvgIpc) is 3.20. The molecule has 0 radical (unpaired) electrons. The van der Waals surface area contributed by atoms with E-state index in [4.69, 9.17) is 0 Å². The Hall–Kier alpha value is -3.75. The summed E-state index contributed by atoms with van der Waals surface area (Å²) < 4.78 is 0. The summed E-state index contributed by atoms with van der Waals surface area (Å²) in [6, 6.07) is 41.2. The fourth-order valence-corrected chi connectivity index (χ4v) is 15.4. The molecule has 0 aromatic heterocycles. The summed E-state index contributed by atoms with van der Waals surface area (Å²) in [6.07, 6.45) is 11.8. The minimum absolute atomic E-state index is 0.0296. The second-order valence-electron chi connectivity index (χ2n) is 22.3. The largest absolute Gasteiger partial charge is 0.309 e. The summed E-state index contributed by atoms with van der Waals surface area (Å²) in [5.74, 6) is 3.20. The van der Waals surface area contributed by atoms with E-state index in [0.717, 1.165) is 11.8 Å². The molecule has 6 aliphatic carbocycles. The van der Waals surface area contributed by atoms with Crippen molar-refractivity contribution in [2.75, 3.05) is 4.90 Å². The Morgan fingerprint density at radius 3 is 1.52 bits per heavy atom. The maximum absolute atomic E-state index is 2.83. The molecular weight excluding hydrogens is 719 g/mol. The number of hydrogen-bond acceptors (Lipinski definition) is 2. The summed E-state index contributed by atoms with van der Waals surface area (Å²) in [5, 5.41) is 0. The van der Waals surface area contributed by atoms with Crippen LogP contribution >= 0.6 is 11.8 Å². The highest BCUT2D eigenvalue weighted by Crippen LogP contribution is 2.70. The summed E-state index contributed by atoms with van der Waals surface area (Å²) in [7, 11) is 0. The fourth-order valence-electron chi connectivity index (χ4n) is 14.1. The van der Waals surface area contributed by atoms with E-state index >= 15 is 0 Å². The third kappa shape index (κ3) is 5.28. The van der Waals surface area contributed by atoms with Crippen molar-refractivity contribution in [2.24, 2.45) is 23.7 Å². The Kier molecular flexibility index (Phi) is 8.12. The van der Waals surface area contributed by atoms with E-state index in [0.29, 0.717) is 11.8 Å². The van der Waals surface area contributed by atoms with Crippen LogP contribution < -0.4 is 4.90 Å². The van der Waals surface area contributed by atoms with Gasteiger partial charge in [0.05, 0.1) is 17.1 Å². The molecule has 0 atom stereocenters. The van der Waals surface area contributed by atoms with E-state index in [1.165, 1.54) is 118 Å². The lowest BCUT2D eigenvalue weighted by molar-refractivity contribution is -0.0443. The van der Waals surface area contributed by atoms with Gasteiger partial charge in [-0.1, -0.05) is 140 Å². The first-order chi connectivity index (χ1) is 27.7. The predicted molar refractivity (Wildman–Crippen MR) is 246 cm³/mol. The van der Waals surface area contributed by atoms with Crippen molar-refractivity contribution in [1.82, 2.24) is 0 Å². The van der Waals surface area contributed by atoms with Gasteiger partial charge in [0, 0.05) is 20.8 Å². The second-order valence-corrected chi connectivity index (χ2v) is 23.4. The van der Waals surface area contributed by atoms with Crippen molar-refractivity contribution in [1.29, 1.82) is 0 Å². The number of fused-ring (bicyclic) bond motifs is 4. The molecule has 58 heavy (non-hydrogen) atoms. The number of hydrogen-bond donors (Lipinski definition) is 0. The Bertz CT molecular complexity index is 2350. The van der Waals surface area contributed by atoms with Crippen LogP contribution in [0.25, 0.3) is 11.1 Å². The number of benzene rings is 5. The molecule has 5 aromatic rings. The number of nitrogens with zero attached hydrogens (tertiary/aromatic N) is 1. The molecule has 1 spiro atoms. The smallest absolute Gasteiger partial charge is 0.0544 e. The van der Waals surface area contributed by atoms with Crippen molar-refractivity contribution in [3.63, 3.8) is 0 Å². The molecule has 1 nitrogen and oxygen atoms in total. The van der Waals surface area contributed by atoms with Crippen molar-refractivity contribution in [2.45, 2.75) is 150 Å².